The van der Waals surface area contributed by atoms with E-state index in [2.05, 4.69) is 4.72 Å². The van der Waals surface area contributed by atoms with E-state index in [1.54, 1.807) is 31.4 Å². The van der Waals surface area contributed by atoms with Crippen LogP contribution in [-0.2, 0) is 23.0 Å². The fraction of sp³-hybridized carbons (Fsp3) is 0.333. The molecule has 0 amide bonds. The summed E-state index contributed by atoms with van der Waals surface area (Å²) in [5.41, 5.74) is 5.38. The molecule has 1 atom stereocenters. The smallest absolute Gasteiger partial charge is 0.274 e. The number of hydrogen-bond acceptors (Lipinski definition) is 5. The maximum atomic E-state index is 12.0. The molecule has 3 N–H and O–H groups in total. The van der Waals surface area contributed by atoms with E-state index < -0.39 is 10.0 Å². The molecule has 0 spiro atoms. The summed E-state index contributed by atoms with van der Waals surface area (Å²) in [7, 11) is -3.67. The van der Waals surface area contributed by atoms with Crippen molar-refractivity contribution in [2.45, 2.75) is 31.0 Å². The molecule has 2 aromatic heterocycles. The fourth-order valence-electron chi connectivity index (χ4n) is 1.71. The number of nitrogens with two attached hydrogens (primary N) is 1. The fourth-order valence-corrected chi connectivity index (χ4v) is 2.90. The molecule has 0 bridgehead atoms. The van der Waals surface area contributed by atoms with Crippen molar-refractivity contribution in [2.75, 3.05) is 0 Å². The van der Waals surface area contributed by atoms with Gasteiger partial charge in [0.1, 0.15) is 11.5 Å². The Bertz CT molecular complexity index is 616. The SMILES string of the molecule is CC(Cc1ccco1)NS(=O)(=O)c1ccc(CN)o1. The van der Waals surface area contributed by atoms with E-state index in [1.165, 1.54) is 6.07 Å². The van der Waals surface area contributed by atoms with Gasteiger partial charge in [0.25, 0.3) is 10.0 Å². The summed E-state index contributed by atoms with van der Waals surface area (Å²) < 4.78 is 36.9. The lowest BCUT2D eigenvalue weighted by atomic mass is 10.2. The minimum absolute atomic E-state index is 0.126. The van der Waals surface area contributed by atoms with Crippen molar-refractivity contribution in [3.05, 3.63) is 42.0 Å². The van der Waals surface area contributed by atoms with Crippen LogP contribution in [0, 0.1) is 0 Å². The topological polar surface area (TPSA) is 98.5 Å². The van der Waals surface area contributed by atoms with E-state index in [1.807, 2.05) is 0 Å². The van der Waals surface area contributed by atoms with Crippen LogP contribution in [0.4, 0.5) is 0 Å². The highest BCUT2D eigenvalue weighted by Crippen LogP contribution is 2.14. The number of rotatable bonds is 6. The molecule has 104 valence electrons. The molecule has 2 heterocycles. The lowest BCUT2D eigenvalue weighted by Crippen LogP contribution is -2.33. The molecule has 0 aliphatic heterocycles. The Morgan fingerprint density at radius 2 is 2.11 bits per heavy atom. The first kappa shape index (κ1) is 13.9. The van der Waals surface area contributed by atoms with Crippen molar-refractivity contribution >= 4 is 10.0 Å². The van der Waals surface area contributed by atoms with Crippen molar-refractivity contribution in [3.63, 3.8) is 0 Å². The van der Waals surface area contributed by atoms with Crippen LogP contribution in [0.25, 0.3) is 0 Å². The molecule has 0 saturated heterocycles. The van der Waals surface area contributed by atoms with Crippen LogP contribution in [0.5, 0.6) is 0 Å². The van der Waals surface area contributed by atoms with Gasteiger partial charge in [0.15, 0.2) is 0 Å². The van der Waals surface area contributed by atoms with E-state index >= 15 is 0 Å². The van der Waals surface area contributed by atoms with Crippen molar-refractivity contribution in [3.8, 4) is 0 Å². The highest BCUT2D eigenvalue weighted by Gasteiger charge is 2.21. The van der Waals surface area contributed by atoms with Crippen molar-refractivity contribution in [2.24, 2.45) is 5.73 Å². The third-order valence-corrected chi connectivity index (χ3v) is 4.01. The molecule has 2 rings (SSSR count). The molecule has 6 nitrogen and oxygen atoms in total. The highest BCUT2D eigenvalue weighted by atomic mass is 32.2. The molecule has 0 radical (unpaired) electrons. The Balaban J connectivity index is 2.04. The molecule has 1 unspecified atom stereocenters. The van der Waals surface area contributed by atoms with E-state index in [9.17, 15) is 8.42 Å². The number of sulfonamides is 1. The van der Waals surface area contributed by atoms with E-state index in [0.717, 1.165) is 5.76 Å². The number of furan rings is 2. The number of nitrogens with one attached hydrogen (secondary N) is 1. The Morgan fingerprint density at radius 1 is 1.32 bits per heavy atom. The average Bonchev–Trinajstić information content (AvgIpc) is 2.97. The first-order valence-electron chi connectivity index (χ1n) is 5.85. The zero-order valence-electron chi connectivity index (χ0n) is 10.5. The average molecular weight is 284 g/mol. The second-order valence-corrected chi connectivity index (χ2v) is 5.88. The van der Waals surface area contributed by atoms with Crippen LogP contribution < -0.4 is 10.5 Å². The minimum Gasteiger partial charge on any atom is -0.469 e. The first-order valence-corrected chi connectivity index (χ1v) is 7.33. The van der Waals surface area contributed by atoms with Gasteiger partial charge in [-0.3, -0.25) is 0 Å². The first-order chi connectivity index (χ1) is 9.01. The Morgan fingerprint density at radius 3 is 2.68 bits per heavy atom. The maximum absolute atomic E-state index is 12.0. The van der Waals surface area contributed by atoms with Gasteiger partial charge in [-0.1, -0.05) is 0 Å². The zero-order valence-corrected chi connectivity index (χ0v) is 11.3. The Kier molecular flexibility index (Phi) is 4.08. The summed E-state index contributed by atoms with van der Waals surface area (Å²) in [5.74, 6) is 1.15. The van der Waals surface area contributed by atoms with Crippen molar-refractivity contribution in [1.82, 2.24) is 4.72 Å². The molecular weight excluding hydrogens is 268 g/mol. The van der Waals surface area contributed by atoms with Crippen molar-refractivity contribution < 1.29 is 17.3 Å². The van der Waals surface area contributed by atoms with Crippen LogP contribution in [0.15, 0.2) is 44.5 Å². The molecule has 0 fully saturated rings. The van der Waals surface area contributed by atoms with Gasteiger partial charge >= 0.3 is 0 Å². The third-order valence-electron chi connectivity index (χ3n) is 2.55. The van der Waals surface area contributed by atoms with Gasteiger partial charge in [-0.05, 0) is 31.2 Å². The van der Waals surface area contributed by atoms with E-state index in [4.69, 9.17) is 14.6 Å². The van der Waals surface area contributed by atoms with Crippen LogP contribution in [0.1, 0.15) is 18.4 Å². The van der Waals surface area contributed by atoms with Crippen LogP contribution in [-0.4, -0.2) is 14.5 Å². The minimum atomic E-state index is -3.67. The van der Waals surface area contributed by atoms with Gasteiger partial charge < -0.3 is 14.6 Å². The van der Waals surface area contributed by atoms with Gasteiger partial charge in [0.05, 0.1) is 12.8 Å². The molecule has 0 aliphatic rings. The van der Waals surface area contributed by atoms with E-state index in [-0.39, 0.29) is 17.7 Å². The Labute approximate surface area is 111 Å². The van der Waals surface area contributed by atoms with Crippen LogP contribution in [0.3, 0.4) is 0 Å². The second-order valence-electron chi connectivity index (χ2n) is 4.23. The Hall–Kier alpha value is -1.57. The highest BCUT2D eigenvalue weighted by molar-refractivity contribution is 7.89. The van der Waals surface area contributed by atoms with Gasteiger partial charge in [0, 0.05) is 12.5 Å². The maximum Gasteiger partial charge on any atom is 0.274 e. The number of hydrogen-bond donors (Lipinski definition) is 2. The van der Waals surface area contributed by atoms with Crippen LogP contribution >= 0.6 is 0 Å². The summed E-state index contributed by atoms with van der Waals surface area (Å²) >= 11 is 0. The summed E-state index contributed by atoms with van der Waals surface area (Å²) in [6.45, 7) is 1.92. The normalized spacial score (nSPS) is 13.6. The van der Waals surface area contributed by atoms with Crippen LogP contribution in [0.2, 0.25) is 0 Å². The quantitative estimate of drug-likeness (QED) is 0.831. The standard InChI is InChI=1S/C12H16N2O4S/c1-9(7-10-3-2-6-17-10)14-19(15,16)12-5-4-11(8-13)18-12/h2-6,9,14H,7-8,13H2,1H3. The molecule has 7 heteroatoms. The summed E-state index contributed by atoms with van der Waals surface area (Å²) in [6, 6.07) is 6.19. The predicted octanol–water partition coefficient (Wildman–Crippen LogP) is 1.24. The van der Waals surface area contributed by atoms with Gasteiger partial charge in [-0.25, -0.2) is 13.1 Å². The van der Waals surface area contributed by atoms with Gasteiger partial charge in [-0.15, -0.1) is 0 Å². The largest absolute Gasteiger partial charge is 0.469 e. The summed E-state index contributed by atoms with van der Waals surface area (Å²) in [5, 5.41) is -0.126. The molecule has 0 aliphatic carbocycles. The van der Waals surface area contributed by atoms with Crippen molar-refractivity contribution in [1.29, 1.82) is 0 Å². The lowest BCUT2D eigenvalue weighted by molar-refractivity contribution is 0.409. The third kappa shape index (κ3) is 3.46. The monoisotopic (exact) mass is 284 g/mol. The summed E-state index contributed by atoms with van der Waals surface area (Å²) in [6.07, 6.45) is 2.02. The lowest BCUT2D eigenvalue weighted by Gasteiger charge is -2.11. The second kappa shape index (κ2) is 5.60. The molecular formula is C12H16N2O4S. The molecule has 0 saturated carbocycles. The predicted molar refractivity (Wildman–Crippen MR) is 68.8 cm³/mol. The van der Waals surface area contributed by atoms with Gasteiger partial charge in [-0.2, -0.15) is 0 Å². The molecule has 0 aromatic carbocycles. The van der Waals surface area contributed by atoms with E-state index in [0.29, 0.717) is 12.2 Å². The molecule has 19 heavy (non-hydrogen) atoms. The molecule has 2 aromatic rings. The van der Waals surface area contributed by atoms with Gasteiger partial charge in [0.2, 0.25) is 5.09 Å². The summed E-state index contributed by atoms with van der Waals surface area (Å²) in [4.78, 5) is 0. The zero-order chi connectivity index (χ0) is 13.9.